The van der Waals surface area contributed by atoms with Crippen LogP contribution >= 0.6 is 0 Å². The zero-order valence-corrected chi connectivity index (χ0v) is 14.3. The molecular weight excluding hydrogens is 336 g/mol. The minimum absolute atomic E-state index is 0.102. The van der Waals surface area contributed by atoms with Crippen molar-refractivity contribution in [1.29, 1.82) is 0 Å². The Morgan fingerprint density at radius 3 is 1.81 bits per heavy atom. The molecule has 1 unspecified atom stereocenters. The van der Waals surface area contributed by atoms with E-state index in [0.29, 0.717) is 11.1 Å². The largest absolute Gasteiger partial charge is 0.394 e. The third-order valence-electron chi connectivity index (χ3n) is 4.93. The van der Waals surface area contributed by atoms with Crippen LogP contribution in [0.1, 0.15) is 11.1 Å². The highest BCUT2D eigenvalue weighted by atomic mass is 16.7. The summed E-state index contributed by atoms with van der Waals surface area (Å²) in [6.45, 7) is -0.609. The zero-order valence-electron chi connectivity index (χ0n) is 14.3. The number of hydrogen-bond acceptors (Lipinski definition) is 6. The molecule has 1 heterocycles. The smallest absolute Gasteiger partial charge is 0.199 e. The lowest BCUT2D eigenvalue weighted by Crippen LogP contribution is -2.73. The van der Waals surface area contributed by atoms with Gasteiger partial charge in [-0.05, 0) is 11.1 Å². The number of benzene rings is 2. The van der Waals surface area contributed by atoms with Crippen molar-refractivity contribution in [2.45, 2.75) is 42.5 Å². The third kappa shape index (κ3) is 3.53. The van der Waals surface area contributed by atoms with Gasteiger partial charge in [-0.15, -0.1) is 0 Å². The fourth-order valence-corrected chi connectivity index (χ4v) is 3.55. The molecule has 140 valence electrons. The van der Waals surface area contributed by atoms with Crippen molar-refractivity contribution in [3.8, 4) is 0 Å². The lowest BCUT2D eigenvalue weighted by Gasteiger charge is -2.52. The molecule has 0 aliphatic carbocycles. The molecule has 5 atom stereocenters. The summed E-state index contributed by atoms with van der Waals surface area (Å²) < 4.78 is 5.43. The Bertz CT molecular complexity index is 709. The van der Waals surface area contributed by atoms with E-state index in [1.807, 2.05) is 12.1 Å². The first-order valence-corrected chi connectivity index (χ1v) is 8.56. The molecule has 1 aliphatic rings. The van der Waals surface area contributed by atoms with Gasteiger partial charge >= 0.3 is 0 Å². The lowest BCUT2D eigenvalue weighted by atomic mass is 9.74. The van der Waals surface area contributed by atoms with E-state index in [4.69, 9.17) is 4.74 Å². The van der Waals surface area contributed by atoms with Gasteiger partial charge in [0.25, 0.3) is 0 Å². The first-order chi connectivity index (χ1) is 12.4. The van der Waals surface area contributed by atoms with Crippen molar-refractivity contribution in [1.82, 2.24) is 0 Å². The van der Waals surface area contributed by atoms with E-state index in [-0.39, 0.29) is 12.8 Å². The standard InChI is InChI=1S/C20H24O6/c21-13-16-17(22)19(24,11-14-7-3-1-4-8-14)18(23)20(25,26-16)12-15-9-5-2-6-10-15/h1-10,16-18,21-25H,11-13H2/t16-,17-,18-,19+,20?/m1/s1. The quantitative estimate of drug-likeness (QED) is 0.514. The van der Waals surface area contributed by atoms with Crippen molar-refractivity contribution >= 4 is 0 Å². The van der Waals surface area contributed by atoms with E-state index in [2.05, 4.69) is 0 Å². The number of ether oxygens (including phenoxy) is 1. The summed E-state index contributed by atoms with van der Waals surface area (Å²) in [7, 11) is 0. The molecule has 1 aliphatic heterocycles. The molecule has 1 saturated heterocycles. The Hall–Kier alpha value is -1.80. The van der Waals surface area contributed by atoms with Crippen LogP contribution in [0.15, 0.2) is 60.7 Å². The van der Waals surface area contributed by atoms with E-state index in [1.54, 1.807) is 48.5 Å². The second kappa shape index (κ2) is 7.44. The van der Waals surface area contributed by atoms with Crippen LogP contribution in [0.3, 0.4) is 0 Å². The van der Waals surface area contributed by atoms with Crippen LogP contribution in [0.2, 0.25) is 0 Å². The maximum absolute atomic E-state index is 11.1. The van der Waals surface area contributed by atoms with Gasteiger partial charge in [0.1, 0.15) is 23.9 Å². The van der Waals surface area contributed by atoms with E-state index < -0.39 is 36.3 Å². The summed E-state index contributed by atoms with van der Waals surface area (Å²) >= 11 is 0. The Morgan fingerprint density at radius 2 is 1.31 bits per heavy atom. The minimum atomic E-state index is -2.16. The van der Waals surface area contributed by atoms with E-state index in [0.717, 1.165) is 0 Å². The highest BCUT2D eigenvalue weighted by Crippen LogP contribution is 2.39. The van der Waals surface area contributed by atoms with Gasteiger partial charge in [0.05, 0.1) is 6.61 Å². The summed E-state index contributed by atoms with van der Waals surface area (Å²) in [6, 6.07) is 17.7. The van der Waals surface area contributed by atoms with Gasteiger partial charge < -0.3 is 30.3 Å². The molecule has 6 heteroatoms. The van der Waals surface area contributed by atoms with Gasteiger partial charge in [0.2, 0.25) is 0 Å². The molecule has 5 N–H and O–H groups in total. The predicted octanol–water partition coefficient (Wildman–Crippen LogP) is 0.00440. The van der Waals surface area contributed by atoms with Crippen molar-refractivity contribution in [2.24, 2.45) is 0 Å². The zero-order chi connectivity index (χ0) is 18.8. The first kappa shape index (κ1) is 19.0. The molecule has 1 fully saturated rings. The van der Waals surface area contributed by atoms with Crippen LogP contribution in [0.4, 0.5) is 0 Å². The molecule has 0 amide bonds. The van der Waals surface area contributed by atoms with Crippen molar-refractivity contribution in [3.05, 3.63) is 71.8 Å². The fraction of sp³-hybridized carbons (Fsp3) is 0.400. The Labute approximate surface area is 151 Å². The number of aliphatic hydroxyl groups is 5. The topological polar surface area (TPSA) is 110 Å². The van der Waals surface area contributed by atoms with Gasteiger partial charge in [0.15, 0.2) is 5.79 Å². The number of hydrogen-bond donors (Lipinski definition) is 5. The molecule has 0 radical (unpaired) electrons. The second-order valence-corrected chi connectivity index (χ2v) is 6.85. The van der Waals surface area contributed by atoms with Gasteiger partial charge in [-0.1, -0.05) is 60.7 Å². The predicted molar refractivity (Wildman–Crippen MR) is 94.2 cm³/mol. The highest BCUT2D eigenvalue weighted by Gasteiger charge is 2.61. The van der Waals surface area contributed by atoms with E-state index >= 15 is 0 Å². The average Bonchev–Trinajstić information content (AvgIpc) is 2.65. The molecule has 2 aromatic carbocycles. The monoisotopic (exact) mass is 360 g/mol. The minimum Gasteiger partial charge on any atom is -0.394 e. The van der Waals surface area contributed by atoms with Crippen molar-refractivity contribution in [2.75, 3.05) is 6.61 Å². The average molecular weight is 360 g/mol. The number of aliphatic hydroxyl groups excluding tert-OH is 3. The molecule has 0 spiro atoms. The number of rotatable bonds is 5. The molecule has 26 heavy (non-hydrogen) atoms. The van der Waals surface area contributed by atoms with Crippen LogP contribution in [0.25, 0.3) is 0 Å². The molecule has 2 aromatic rings. The Kier molecular flexibility index (Phi) is 5.43. The summed E-state index contributed by atoms with van der Waals surface area (Å²) in [4.78, 5) is 0. The fourth-order valence-electron chi connectivity index (χ4n) is 3.55. The molecular formula is C20H24O6. The Morgan fingerprint density at radius 1 is 0.808 bits per heavy atom. The van der Waals surface area contributed by atoms with Gasteiger partial charge in [-0.25, -0.2) is 0 Å². The van der Waals surface area contributed by atoms with Crippen molar-refractivity contribution in [3.63, 3.8) is 0 Å². The molecule has 0 saturated carbocycles. The van der Waals surface area contributed by atoms with Crippen LogP contribution in [0.5, 0.6) is 0 Å². The van der Waals surface area contributed by atoms with Gasteiger partial charge in [0, 0.05) is 12.8 Å². The maximum Gasteiger partial charge on any atom is 0.199 e. The summed E-state index contributed by atoms with van der Waals surface area (Å²) in [5, 5.41) is 53.0. The third-order valence-corrected chi connectivity index (χ3v) is 4.93. The second-order valence-electron chi connectivity index (χ2n) is 6.85. The normalized spacial score (nSPS) is 34.6. The summed E-state index contributed by atoms with van der Waals surface area (Å²) in [5.74, 6) is -2.16. The molecule has 6 nitrogen and oxygen atoms in total. The first-order valence-electron chi connectivity index (χ1n) is 8.56. The lowest BCUT2D eigenvalue weighted by molar-refractivity contribution is -0.374. The molecule has 0 bridgehead atoms. The maximum atomic E-state index is 11.1. The summed E-state index contributed by atoms with van der Waals surface area (Å²) in [6.07, 6.45) is -4.80. The van der Waals surface area contributed by atoms with E-state index in [1.165, 1.54) is 0 Å². The van der Waals surface area contributed by atoms with Gasteiger partial charge in [-0.2, -0.15) is 0 Å². The van der Waals surface area contributed by atoms with Crippen molar-refractivity contribution < 1.29 is 30.3 Å². The SMILES string of the molecule is OC[C@H]1OC(O)(Cc2ccccc2)[C@H](O)[C@](O)(Cc2ccccc2)[C@@H]1O. The van der Waals surface area contributed by atoms with Crippen LogP contribution in [-0.2, 0) is 17.6 Å². The molecule has 3 rings (SSSR count). The van der Waals surface area contributed by atoms with E-state index in [9.17, 15) is 25.5 Å². The van der Waals surface area contributed by atoms with Gasteiger partial charge in [-0.3, -0.25) is 0 Å². The molecule has 0 aromatic heterocycles. The van der Waals surface area contributed by atoms with Crippen LogP contribution in [0, 0.1) is 0 Å². The van der Waals surface area contributed by atoms with Crippen LogP contribution in [-0.4, -0.2) is 61.8 Å². The summed E-state index contributed by atoms with van der Waals surface area (Å²) in [5.41, 5.74) is -0.728. The van der Waals surface area contributed by atoms with Crippen LogP contribution < -0.4 is 0 Å². The highest BCUT2D eigenvalue weighted by molar-refractivity contribution is 5.23. The Balaban J connectivity index is 1.94.